The van der Waals surface area contributed by atoms with Gasteiger partial charge >= 0.3 is 0 Å². The Kier molecular flexibility index (Phi) is 6.24. The number of hydrogen-bond acceptors (Lipinski definition) is 4. The van der Waals surface area contributed by atoms with E-state index in [1.807, 2.05) is 66.7 Å². The van der Waals surface area contributed by atoms with Crippen LogP contribution in [0.4, 0.5) is 5.88 Å². The van der Waals surface area contributed by atoms with Crippen LogP contribution in [0.2, 0.25) is 0 Å². The molecule has 0 spiro atoms. The van der Waals surface area contributed by atoms with Crippen molar-refractivity contribution in [2.45, 2.75) is 12.8 Å². The van der Waals surface area contributed by atoms with Crippen molar-refractivity contribution in [2.24, 2.45) is 0 Å². The zero-order valence-electron chi connectivity index (χ0n) is 17.2. The lowest BCUT2D eigenvalue weighted by Crippen LogP contribution is -2.13. The third-order valence-corrected chi connectivity index (χ3v) is 5.05. The highest BCUT2D eigenvalue weighted by molar-refractivity contribution is 6.01. The van der Waals surface area contributed by atoms with E-state index in [0.717, 1.165) is 11.1 Å². The fraction of sp³-hybridized carbons (Fsp3) is 0.0741. The number of furan rings is 1. The van der Waals surface area contributed by atoms with Gasteiger partial charge in [-0.1, -0.05) is 91.0 Å². The van der Waals surface area contributed by atoms with Gasteiger partial charge in [0.25, 0.3) is 0 Å². The lowest BCUT2D eigenvalue weighted by Gasteiger charge is -2.03. The number of carbonyl (C=O) groups is 2. The molecule has 0 saturated carbocycles. The lowest BCUT2D eigenvalue weighted by atomic mass is 9.98. The smallest absolute Gasteiger partial charge is 0.227 e. The second-order valence-corrected chi connectivity index (χ2v) is 7.19. The maximum Gasteiger partial charge on any atom is 0.227 e. The summed E-state index contributed by atoms with van der Waals surface area (Å²) in [6.45, 7) is 0. The zero-order valence-corrected chi connectivity index (χ0v) is 17.2. The van der Waals surface area contributed by atoms with E-state index in [0.29, 0.717) is 16.9 Å². The number of anilines is 1. The number of ketones is 1. The van der Waals surface area contributed by atoms with Crippen molar-refractivity contribution in [3.05, 3.63) is 102 Å². The van der Waals surface area contributed by atoms with Crippen LogP contribution in [0.25, 0.3) is 22.5 Å². The summed E-state index contributed by atoms with van der Waals surface area (Å²) in [5, 5.41) is 12.6. The van der Waals surface area contributed by atoms with Crippen LogP contribution in [-0.4, -0.2) is 11.7 Å². The van der Waals surface area contributed by atoms with Gasteiger partial charge in [0.15, 0.2) is 5.78 Å². The minimum absolute atomic E-state index is 0.0133. The molecule has 0 radical (unpaired) electrons. The van der Waals surface area contributed by atoms with E-state index in [9.17, 15) is 14.9 Å². The summed E-state index contributed by atoms with van der Waals surface area (Å²) in [7, 11) is 0. The standard InChI is InChI=1S/C27H20N2O3/c28-18-22-25(20-12-6-2-7-13-20)26(21-14-8-3-9-15-21)32-27(22)29-24(31)17-16-23(30)19-10-4-1-5-11-19/h1-15H,16-17H2,(H,29,31). The zero-order chi connectivity index (χ0) is 22.3. The minimum atomic E-state index is -0.390. The van der Waals surface area contributed by atoms with Gasteiger partial charge in [-0.15, -0.1) is 0 Å². The van der Waals surface area contributed by atoms with Crippen molar-refractivity contribution in [1.29, 1.82) is 5.26 Å². The van der Waals surface area contributed by atoms with Gasteiger partial charge in [-0.3, -0.25) is 14.9 Å². The van der Waals surface area contributed by atoms with Crippen molar-refractivity contribution in [3.8, 4) is 28.5 Å². The number of rotatable bonds is 7. The SMILES string of the molecule is N#Cc1c(NC(=O)CCC(=O)c2ccccc2)oc(-c2ccccc2)c1-c1ccccc1. The summed E-state index contributed by atoms with van der Waals surface area (Å²) in [6.07, 6.45) is 0.0517. The molecule has 1 heterocycles. The molecule has 0 aliphatic heterocycles. The molecule has 156 valence electrons. The second-order valence-electron chi connectivity index (χ2n) is 7.19. The predicted molar refractivity (Wildman–Crippen MR) is 123 cm³/mol. The number of nitrogens with zero attached hydrogens (tertiary/aromatic N) is 1. The first kappa shape index (κ1) is 20.8. The lowest BCUT2D eigenvalue weighted by molar-refractivity contribution is -0.116. The van der Waals surface area contributed by atoms with Gasteiger partial charge < -0.3 is 4.42 Å². The molecule has 0 saturated heterocycles. The number of carbonyl (C=O) groups excluding carboxylic acids is 2. The first-order chi connectivity index (χ1) is 15.7. The molecule has 5 nitrogen and oxygen atoms in total. The molecule has 0 bridgehead atoms. The Morgan fingerprint density at radius 1 is 0.781 bits per heavy atom. The molecule has 0 atom stereocenters. The molecule has 3 aromatic carbocycles. The molecular weight excluding hydrogens is 400 g/mol. The molecule has 0 aliphatic carbocycles. The quantitative estimate of drug-likeness (QED) is 0.367. The van der Waals surface area contributed by atoms with Crippen molar-refractivity contribution in [2.75, 3.05) is 5.32 Å². The first-order valence-corrected chi connectivity index (χ1v) is 10.2. The fourth-order valence-electron chi connectivity index (χ4n) is 3.48. The van der Waals surface area contributed by atoms with Gasteiger partial charge in [-0.2, -0.15) is 5.26 Å². The highest BCUT2D eigenvalue weighted by Gasteiger charge is 2.24. The number of hydrogen-bond donors (Lipinski definition) is 1. The largest absolute Gasteiger partial charge is 0.438 e. The topological polar surface area (TPSA) is 83.1 Å². The van der Waals surface area contributed by atoms with Crippen LogP contribution in [0, 0.1) is 11.3 Å². The average molecular weight is 420 g/mol. The average Bonchev–Trinajstić information content (AvgIpc) is 3.22. The van der Waals surface area contributed by atoms with E-state index < -0.39 is 5.91 Å². The van der Waals surface area contributed by atoms with E-state index in [1.54, 1.807) is 24.3 Å². The van der Waals surface area contributed by atoms with Gasteiger partial charge in [-0.25, -0.2) is 0 Å². The van der Waals surface area contributed by atoms with Gasteiger partial charge in [0.05, 0.1) is 0 Å². The predicted octanol–water partition coefficient (Wildman–Crippen LogP) is 6.09. The molecule has 1 N–H and O–H groups in total. The van der Waals surface area contributed by atoms with Gasteiger partial charge in [0.2, 0.25) is 11.8 Å². The fourth-order valence-corrected chi connectivity index (χ4v) is 3.48. The van der Waals surface area contributed by atoms with Crippen molar-refractivity contribution >= 4 is 17.6 Å². The molecule has 5 heteroatoms. The van der Waals surface area contributed by atoms with Gasteiger partial charge in [0.1, 0.15) is 17.4 Å². The van der Waals surface area contributed by atoms with Crippen LogP contribution < -0.4 is 5.32 Å². The third-order valence-electron chi connectivity index (χ3n) is 5.05. The van der Waals surface area contributed by atoms with E-state index in [-0.39, 0.29) is 30.1 Å². The molecule has 32 heavy (non-hydrogen) atoms. The summed E-state index contributed by atoms with van der Waals surface area (Å²) in [4.78, 5) is 24.9. The van der Waals surface area contributed by atoms with Crippen LogP contribution in [0.5, 0.6) is 0 Å². The van der Waals surface area contributed by atoms with E-state index in [1.165, 1.54) is 0 Å². The molecule has 0 unspecified atom stereocenters. The van der Waals surface area contributed by atoms with Gasteiger partial charge in [-0.05, 0) is 5.56 Å². The van der Waals surface area contributed by atoms with Crippen molar-refractivity contribution < 1.29 is 14.0 Å². The highest BCUT2D eigenvalue weighted by atomic mass is 16.4. The maximum absolute atomic E-state index is 12.6. The van der Waals surface area contributed by atoms with Crippen molar-refractivity contribution in [3.63, 3.8) is 0 Å². The van der Waals surface area contributed by atoms with Crippen LogP contribution >= 0.6 is 0 Å². The summed E-state index contributed by atoms with van der Waals surface area (Å²) >= 11 is 0. The molecule has 0 fully saturated rings. The molecule has 4 aromatic rings. The number of benzene rings is 3. The Morgan fingerprint density at radius 2 is 1.34 bits per heavy atom. The van der Waals surface area contributed by atoms with Crippen LogP contribution in [0.15, 0.2) is 95.4 Å². The van der Waals surface area contributed by atoms with E-state index >= 15 is 0 Å². The Hall–Kier alpha value is -4.43. The van der Waals surface area contributed by atoms with Crippen LogP contribution in [0.1, 0.15) is 28.8 Å². The summed E-state index contributed by atoms with van der Waals surface area (Å²) < 4.78 is 6.00. The Morgan fingerprint density at radius 3 is 1.94 bits per heavy atom. The number of nitriles is 1. The van der Waals surface area contributed by atoms with Crippen LogP contribution in [0.3, 0.4) is 0 Å². The number of Topliss-reactive ketones (excluding diaryl/α,β-unsaturated/α-hetero) is 1. The maximum atomic E-state index is 12.6. The Bertz CT molecular complexity index is 1270. The molecule has 1 amide bonds. The Labute approximate surface area is 185 Å². The van der Waals surface area contributed by atoms with E-state index in [2.05, 4.69) is 11.4 Å². The summed E-state index contributed by atoms with van der Waals surface area (Å²) in [6, 6.07) is 29.9. The summed E-state index contributed by atoms with van der Waals surface area (Å²) in [5.41, 5.74) is 3.04. The third kappa shape index (κ3) is 4.50. The van der Waals surface area contributed by atoms with E-state index in [4.69, 9.17) is 4.42 Å². The van der Waals surface area contributed by atoms with Crippen LogP contribution in [-0.2, 0) is 4.79 Å². The van der Waals surface area contributed by atoms with Crippen molar-refractivity contribution in [1.82, 2.24) is 0 Å². The first-order valence-electron chi connectivity index (χ1n) is 10.2. The molecule has 4 rings (SSSR count). The minimum Gasteiger partial charge on any atom is -0.438 e. The normalized spacial score (nSPS) is 10.3. The van der Waals surface area contributed by atoms with Gasteiger partial charge in [0, 0.05) is 29.5 Å². The molecule has 1 aromatic heterocycles. The Balaban J connectivity index is 1.61. The number of nitrogens with one attached hydrogen (secondary N) is 1. The second kappa shape index (κ2) is 9.59. The number of amides is 1. The molecular formula is C27H20N2O3. The summed E-state index contributed by atoms with van der Waals surface area (Å²) in [5.74, 6) is 0.0841. The molecule has 0 aliphatic rings. The highest BCUT2D eigenvalue weighted by Crippen LogP contribution is 2.41. The monoisotopic (exact) mass is 420 g/mol.